The van der Waals surface area contributed by atoms with E-state index in [0.717, 1.165) is 11.2 Å². The second-order valence-corrected chi connectivity index (χ2v) is 4.19. The second-order valence-electron chi connectivity index (χ2n) is 4.19. The molecule has 0 saturated heterocycles. The maximum absolute atomic E-state index is 5.26. The monoisotopic (exact) mass is 268 g/mol. The first-order valence-electron chi connectivity index (χ1n) is 5.85. The zero-order valence-corrected chi connectivity index (χ0v) is 10.4. The first-order valence-corrected chi connectivity index (χ1v) is 5.85. The van der Waals surface area contributed by atoms with E-state index in [1.807, 2.05) is 18.3 Å². The molecule has 0 atom stereocenters. The molecule has 0 aliphatic carbocycles. The lowest BCUT2D eigenvalue weighted by atomic mass is 10.3. The summed E-state index contributed by atoms with van der Waals surface area (Å²) >= 11 is 0. The lowest BCUT2D eigenvalue weighted by molar-refractivity contribution is 0.431. The van der Waals surface area contributed by atoms with Crippen LogP contribution in [0, 0.1) is 6.92 Å². The minimum atomic E-state index is 0.398. The number of aryl methyl sites for hydroxylation is 1. The van der Waals surface area contributed by atoms with Gasteiger partial charge in [-0.15, -0.1) is 10.2 Å². The third kappa shape index (κ3) is 1.58. The van der Waals surface area contributed by atoms with E-state index in [2.05, 4.69) is 25.3 Å². The average molecular weight is 268 g/mol. The lowest BCUT2D eigenvalue weighted by Crippen LogP contribution is -1.86. The number of nitrogens with zero attached hydrogens (tertiary/aromatic N) is 6. The summed E-state index contributed by atoms with van der Waals surface area (Å²) in [5.74, 6) is 1.44. The van der Waals surface area contributed by atoms with Gasteiger partial charge in [0.1, 0.15) is 12.1 Å². The van der Waals surface area contributed by atoms with E-state index in [4.69, 9.17) is 8.94 Å². The Kier molecular flexibility index (Phi) is 2.16. The third-order valence-corrected chi connectivity index (χ3v) is 2.92. The highest BCUT2D eigenvalue weighted by molar-refractivity contribution is 5.59. The van der Waals surface area contributed by atoms with Crippen molar-refractivity contribution in [1.29, 1.82) is 0 Å². The van der Waals surface area contributed by atoms with Crippen molar-refractivity contribution < 1.29 is 8.94 Å². The number of rotatable bonds is 2. The molecule has 4 heterocycles. The molecule has 4 aromatic rings. The fourth-order valence-corrected chi connectivity index (χ4v) is 1.91. The van der Waals surface area contributed by atoms with Crippen molar-refractivity contribution in [2.45, 2.75) is 6.92 Å². The number of aromatic nitrogens is 6. The molecule has 4 rings (SSSR count). The molecule has 0 radical (unpaired) electrons. The molecule has 20 heavy (non-hydrogen) atoms. The maximum atomic E-state index is 5.26. The fourth-order valence-electron chi connectivity index (χ4n) is 1.91. The molecule has 0 fully saturated rings. The summed E-state index contributed by atoms with van der Waals surface area (Å²) in [5.41, 5.74) is 2.10. The molecule has 0 N–H and O–H groups in total. The van der Waals surface area contributed by atoms with Crippen LogP contribution in [0.15, 0.2) is 40.0 Å². The van der Waals surface area contributed by atoms with Crippen LogP contribution in [0.1, 0.15) is 5.76 Å². The van der Waals surface area contributed by atoms with Crippen LogP contribution in [-0.2, 0) is 0 Å². The number of pyridine rings is 1. The van der Waals surface area contributed by atoms with Crippen molar-refractivity contribution in [1.82, 2.24) is 29.7 Å². The zero-order valence-electron chi connectivity index (χ0n) is 10.4. The van der Waals surface area contributed by atoms with Crippen molar-refractivity contribution >= 4 is 5.65 Å². The third-order valence-electron chi connectivity index (χ3n) is 2.92. The second kappa shape index (κ2) is 3.98. The molecular weight excluding hydrogens is 260 g/mol. The highest BCUT2D eigenvalue weighted by Crippen LogP contribution is 2.23. The van der Waals surface area contributed by atoms with Gasteiger partial charge in [0.2, 0.25) is 5.82 Å². The highest BCUT2D eigenvalue weighted by atomic mass is 16.5. The van der Waals surface area contributed by atoms with E-state index in [9.17, 15) is 0 Å². The standard InChI is InChI=1S/C12H8N6O2/c1-7-10(13-6-19-7)11-15-12(20-17-11)8-2-3-9-16-14-5-18(9)4-8/h2-6H,1H3. The first-order chi connectivity index (χ1) is 9.81. The van der Waals surface area contributed by atoms with Crippen LogP contribution in [0.5, 0.6) is 0 Å². The smallest absolute Gasteiger partial charge is 0.259 e. The summed E-state index contributed by atoms with van der Waals surface area (Å²) < 4.78 is 12.2. The van der Waals surface area contributed by atoms with E-state index in [-0.39, 0.29) is 0 Å². The molecule has 4 aromatic heterocycles. The predicted molar refractivity (Wildman–Crippen MR) is 66.5 cm³/mol. The molecule has 0 amide bonds. The van der Waals surface area contributed by atoms with Gasteiger partial charge in [0.05, 0.1) is 5.56 Å². The maximum Gasteiger partial charge on any atom is 0.259 e. The molecular formula is C12H8N6O2. The van der Waals surface area contributed by atoms with Crippen molar-refractivity contribution in [3.05, 3.63) is 36.8 Å². The molecule has 0 bridgehead atoms. The van der Waals surface area contributed by atoms with Crippen LogP contribution >= 0.6 is 0 Å². The summed E-state index contributed by atoms with van der Waals surface area (Å²) in [6.45, 7) is 1.79. The van der Waals surface area contributed by atoms with Crippen molar-refractivity contribution in [3.63, 3.8) is 0 Å². The van der Waals surface area contributed by atoms with Crippen LogP contribution < -0.4 is 0 Å². The Morgan fingerprint density at radius 1 is 1.25 bits per heavy atom. The lowest BCUT2D eigenvalue weighted by Gasteiger charge is -1.95. The van der Waals surface area contributed by atoms with E-state index >= 15 is 0 Å². The van der Waals surface area contributed by atoms with Crippen LogP contribution in [0.4, 0.5) is 0 Å². The van der Waals surface area contributed by atoms with Gasteiger partial charge >= 0.3 is 0 Å². The quantitative estimate of drug-likeness (QED) is 0.546. The van der Waals surface area contributed by atoms with E-state index < -0.39 is 0 Å². The Labute approximate surface area is 112 Å². The van der Waals surface area contributed by atoms with Crippen molar-refractivity contribution in [3.8, 4) is 23.0 Å². The Bertz CT molecular complexity index is 890. The molecule has 8 heteroatoms. The minimum Gasteiger partial charge on any atom is -0.448 e. The van der Waals surface area contributed by atoms with Gasteiger partial charge in [-0.3, -0.25) is 4.40 Å². The van der Waals surface area contributed by atoms with Gasteiger partial charge in [-0.2, -0.15) is 4.98 Å². The van der Waals surface area contributed by atoms with Crippen molar-refractivity contribution in [2.75, 3.05) is 0 Å². The molecule has 0 aromatic carbocycles. The van der Waals surface area contributed by atoms with Gasteiger partial charge < -0.3 is 8.94 Å². The molecule has 0 unspecified atom stereocenters. The van der Waals surface area contributed by atoms with E-state index in [0.29, 0.717) is 23.2 Å². The number of hydrogen-bond donors (Lipinski definition) is 0. The first kappa shape index (κ1) is 10.9. The SMILES string of the molecule is Cc1ocnc1-c1noc(-c2ccc3nncn3c2)n1. The van der Waals surface area contributed by atoms with E-state index in [1.54, 1.807) is 17.7 Å². The van der Waals surface area contributed by atoms with Crippen LogP contribution in [0.25, 0.3) is 28.6 Å². The predicted octanol–water partition coefficient (Wildman–Crippen LogP) is 1.74. The Hall–Kier alpha value is -3.03. The Morgan fingerprint density at radius 2 is 2.20 bits per heavy atom. The van der Waals surface area contributed by atoms with Crippen LogP contribution in [0.3, 0.4) is 0 Å². The topological polar surface area (TPSA) is 95.1 Å². The van der Waals surface area contributed by atoms with Crippen molar-refractivity contribution in [2.24, 2.45) is 0 Å². The molecule has 98 valence electrons. The van der Waals surface area contributed by atoms with Gasteiger partial charge in [-0.25, -0.2) is 4.98 Å². The van der Waals surface area contributed by atoms with Crippen LogP contribution in [-0.4, -0.2) is 29.7 Å². The van der Waals surface area contributed by atoms with E-state index in [1.165, 1.54) is 6.39 Å². The molecule has 0 saturated carbocycles. The van der Waals surface area contributed by atoms with Gasteiger partial charge in [0.25, 0.3) is 5.89 Å². The van der Waals surface area contributed by atoms with Gasteiger partial charge in [-0.05, 0) is 19.1 Å². The van der Waals surface area contributed by atoms with Gasteiger partial charge in [0, 0.05) is 6.20 Å². The highest BCUT2D eigenvalue weighted by Gasteiger charge is 2.15. The summed E-state index contributed by atoms with van der Waals surface area (Å²) in [6.07, 6.45) is 4.78. The molecule has 8 nitrogen and oxygen atoms in total. The van der Waals surface area contributed by atoms with Crippen LogP contribution in [0.2, 0.25) is 0 Å². The average Bonchev–Trinajstić information content (AvgIpc) is 3.17. The normalized spacial score (nSPS) is 11.2. The summed E-state index contributed by atoms with van der Waals surface area (Å²) in [6, 6.07) is 3.67. The summed E-state index contributed by atoms with van der Waals surface area (Å²) in [4.78, 5) is 8.38. The molecule has 0 aliphatic heterocycles. The summed E-state index contributed by atoms with van der Waals surface area (Å²) in [5, 5.41) is 11.7. The van der Waals surface area contributed by atoms with Gasteiger partial charge in [0.15, 0.2) is 17.7 Å². The zero-order chi connectivity index (χ0) is 13.5. The number of fused-ring (bicyclic) bond motifs is 1. The largest absolute Gasteiger partial charge is 0.448 e. The summed E-state index contributed by atoms with van der Waals surface area (Å²) in [7, 11) is 0. The van der Waals surface area contributed by atoms with Gasteiger partial charge in [-0.1, -0.05) is 5.16 Å². The number of oxazole rings is 1. The Balaban J connectivity index is 1.79. The Morgan fingerprint density at radius 3 is 3.05 bits per heavy atom. The molecule has 0 spiro atoms. The molecule has 0 aliphatic rings. The fraction of sp³-hybridized carbons (Fsp3) is 0.0833. The minimum absolute atomic E-state index is 0.398. The number of hydrogen-bond acceptors (Lipinski definition) is 7.